The number of aryl methyl sites for hydroxylation is 1. The molecule has 94 valence electrons. The molecule has 0 fully saturated rings. The van der Waals surface area contributed by atoms with Crippen molar-refractivity contribution in [3.05, 3.63) is 54.1 Å². The number of hydrogen-bond donors (Lipinski definition) is 1. The summed E-state index contributed by atoms with van der Waals surface area (Å²) in [5, 5.41) is 3.55. The Labute approximate surface area is 111 Å². The fourth-order valence-electron chi connectivity index (χ4n) is 2.82. The highest BCUT2D eigenvalue weighted by Gasteiger charge is 2.25. The quantitative estimate of drug-likeness (QED) is 0.722. The van der Waals surface area contributed by atoms with Gasteiger partial charge in [-0.15, -0.1) is 0 Å². The van der Waals surface area contributed by atoms with Gasteiger partial charge in [-0.3, -0.25) is 4.98 Å². The van der Waals surface area contributed by atoms with E-state index in [4.69, 9.17) is 4.98 Å². The summed E-state index contributed by atoms with van der Waals surface area (Å²) >= 11 is 0. The average Bonchev–Trinajstić information content (AvgIpc) is 3.00. The van der Waals surface area contributed by atoms with Gasteiger partial charge in [0.2, 0.25) is 0 Å². The lowest BCUT2D eigenvalue weighted by molar-refractivity contribution is 0.703. The van der Waals surface area contributed by atoms with E-state index in [0.29, 0.717) is 0 Å². The van der Waals surface area contributed by atoms with Crippen molar-refractivity contribution in [2.24, 2.45) is 7.05 Å². The van der Waals surface area contributed by atoms with Gasteiger partial charge in [0.05, 0.1) is 23.3 Å². The molecule has 4 nitrogen and oxygen atoms in total. The molecule has 0 bridgehead atoms. The van der Waals surface area contributed by atoms with Gasteiger partial charge in [0.15, 0.2) is 0 Å². The molecule has 3 heterocycles. The van der Waals surface area contributed by atoms with Gasteiger partial charge in [-0.2, -0.15) is 0 Å². The monoisotopic (exact) mass is 250 g/mol. The Morgan fingerprint density at radius 2 is 2.16 bits per heavy atom. The Hall–Kier alpha value is -2.36. The van der Waals surface area contributed by atoms with Gasteiger partial charge in [0.1, 0.15) is 5.82 Å². The summed E-state index contributed by atoms with van der Waals surface area (Å²) < 4.78 is 2.13. The maximum Gasteiger partial charge on any atom is 0.132 e. The molecule has 3 aromatic rings. The van der Waals surface area contributed by atoms with Crippen LogP contribution in [0.15, 0.2) is 42.7 Å². The Morgan fingerprint density at radius 3 is 3.00 bits per heavy atom. The SMILES string of the molecule is Cn1c(C2Cc3ccccc3N2)nc2ccncc21. The van der Waals surface area contributed by atoms with Gasteiger partial charge in [-0.25, -0.2) is 4.98 Å². The second-order valence-corrected chi connectivity index (χ2v) is 4.95. The first kappa shape index (κ1) is 10.6. The zero-order valence-corrected chi connectivity index (χ0v) is 10.7. The van der Waals surface area contributed by atoms with E-state index in [1.165, 1.54) is 11.3 Å². The first-order valence-electron chi connectivity index (χ1n) is 6.44. The molecule has 0 amide bonds. The molecular weight excluding hydrogens is 236 g/mol. The van der Waals surface area contributed by atoms with Crippen molar-refractivity contribution >= 4 is 16.7 Å². The van der Waals surface area contributed by atoms with Crippen LogP contribution in [0.1, 0.15) is 17.4 Å². The Balaban J connectivity index is 1.79. The van der Waals surface area contributed by atoms with Gasteiger partial charge >= 0.3 is 0 Å². The summed E-state index contributed by atoms with van der Waals surface area (Å²) in [6, 6.07) is 10.6. The van der Waals surface area contributed by atoms with E-state index in [9.17, 15) is 0 Å². The number of nitrogens with one attached hydrogen (secondary N) is 1. The van der Waals surface area contributed by atoms with E-state index >= 15 is 0 Å². The molecule has 1 N–H and O–H groups in total. The van der Waals surface area contributed by atoms with Crippen molar-refractivity contribution in [3.8, 4) is 0 Å². The Morgan fingerprint density at radius 1 is 1.26 bits per heavy atom. The van der Waals surface area contributed by atoms with Crippen LogP contribution in [-0.2, 0) is 13.5 Å². The van der Waals surface area contributed by atoms with Crippen molar-refractivity contribution in [3.63, 3.8) is 0 Å². The first-order chi connectivity index (χ1) is 9.33. The summed E-state index contributed by atoms with van der Waals surface area (Å²) in [4.78, 5) is 8.91. The molecule has 1 aromatic carbocycles. The van der Waals surface area contributed by atoms with Crippen LogP contribution in [-0.4, -0.2) is 14.5 Å². The molecule has 0 spiro atoms. The predicted molar refractivity (Wildman–Crippen MR) is 75.0 cm³/mol. The topological polar surface area (TPSA) is 42.7 Å². The van der Waals surface area contributed by atoms with E-state index < -0.39 is 0 Å². The Bertz CT molecular complexity index is 735. The lowest BCUT2D eigenvalue weighted by Crippen LogP contribution is -2.11. The molecule has 4 rings (SSSR count). The molecule has 2 aromatic heterocycles. The highest BCUT2D eigenvalue weighted by atomic mass is 15.1. The van der Waals surface area contributed by atoms with Crippen LogP contribution in [0.5, 0.6) is 0 Å². The summed E-state index contributed by atoms with van der Waals surface area (Å²) in [7, 11) is 2.05. The number of imidazole rings is 1. The van der Waals surface area contributed by atoms with E-state index in [-0.39, 0.29) is 6.04 Å². The first-order valence-corrected chi connectivity index (χ1v) is 6.44. The molecular formula is C15H14N4. The number of benzene rings is 1. The maximum atomic E-state index is 4.74. The van der Waals surface area contributed by atoms with Crippen molar-refractivity contribution in [2.45, 2.75) is 12.5 Å². The minimum absolute atomic E-state index is 0.245. The van der Waals surface area contributed by atoms with Crippen LogP contribution in [0.4, 0.5) is 5.69 Å². The van der Waals surface area contributed by atoms with Gasteiger partial charge in [-0.1, -0.05) is 18.2 Å². The molecule has 1 aliphatic heterocycles. The Kier molecular flexibility index (Phi) is 2.12. The second-order valence-electron chi connectivity index (χ2n) is 4.95. The van der Waals surface area contributed by atoms with Gasteiger partial charge in [0, 0.05) is 25.4 Å². The van der Waals surface area contributed by atoms with Crippen molar-refractivity contribution in [2.75, 3.05) is 5.32 Å². The number of pyridine rings is 1. The molecule has 0 saturated carbocycles. The number of para-hydroxylation sites is 1. The van der Waals surface area contributed by atoms with E-state index in [2.05, 4.69) is 46.2 Å². The van der Waals surface area contributed by atoms with Gasteiger partial charge in [-0.05, 0) is 17.7 Å². The number of nitrogens with zero attached hydrogens (tertiary/aromatic N) is 3. The smallest absolute Gasteiger partial charge is 0.132 e. The second kappa shape index (κ2) is 3.82. The normalized spacial score (nSPS) is 17.4. The zero-order chi connectivity index (χ0) is 12.8. The molecule has 0 aliphatic carbocycles. The third kappa shape index (κ3) is 1.53. The summed E-state index contributed by atoms with van der Waals surface area (Å²) in [6.07, 6.45) is 4.64. The van der Waals surface area contributed by atoms with E-state index in [1.807, 2.05) is 12.3 Å². The average molecular weight is 250 g/mol. The van der Waals surface area contributed by atoms with Crippen LogP contribution in [0.3, 0.4) is 0 Å². The molecule has 1 unspecified atom stereocenters. The van der Waals surface area contributed by atoms with Crippen LogP contribution in [0.25, 0.3) is 11.0 Å². The fraction of sp³-hybridized carbons (Fsp3) is 0.200. The van der Waals surface area contributed by atoms with Crippen molar-refractivity contribution in [1.82, 2.24) is 14.5 Å². The number of hydrogen-bond acceptors (Lipinski definition) is 3. The highest BCUT2D eigenvalue weighted by Crippen LogP contribution is 2.34. The minimum atomic E-state index is 0.245. The zero-order valence-electron chi connectivity index (χ0n) is 10.7. The minimum Gasteiger partial charge on any atom is -0.375 e. The predicted octanol–water partition coefficient (Wildman–Crippen LogP) is 2.68. The third-order valence-electron chi connectivity index (χ3n) is 3.80. The van der Waals surface area contributed by atoms with Crippen LogP contribution in [0.2, 0.25) is 0 Å². The number of fused-ring (bicyclic) bond motifs is 2. The molecule has 0 radical (unpaired) electrons. The maximum absolute atomic E-state index is 4.74. The largest absolute Gasteiger partial charge is 0.375 e. The summed E-state index contributed by atoms with van der Waals surface area (Å²) in [5.74, 6) is 1.07. The van der Waals surface area contributed by atoms with Crippen LogP contribution < -0.4 is 5.32 Å². The highest BCUT2D eigenvalue weighted by molar-refractivity contribution is 5.75. The van der Waals surface area contributed by atoms with Gasteiger partial charge in [0.25, 0.3) is 0 Å². The standard InChI is InChI=1S/C15H14N4/c1-19-14-9-16-7-6-12(14)18-15(19)13-8-10-4-2-3-5-11(10)17-13/h2-7,9,13,17H,8H2,1H3. The van der Waals surface area contributed by atoms with E-state index in [1.54, 1.807) is 6.20 Å². The molecule has 1 atom stereocenters. The summed E-state index contributed by atoms with van der Waals surface area (Å²) in [6.45, 7) is 0. The lowest BCUT2D eigenvalue weighted by atomic mass is 10.1. The third-order valence-corrected chi connectivity index (χ3v) is 3.80. The van der Waals surface area contributed by atoms with Crippen LogP contribution in [0, 0.1) is 0 Å². The number of aromatic nitrogens is 3. The van der Waals surface area contributed by atoms with Gasteiger partial charge < -0.3 is 9.88 Å². The lowest BCUT2D eigenvalue weighted by Gasteiger charge is -2.11. The fourth-order valence-corrected chi connectivity index (χ4v) is 2.82. The van der Waals surface area contributed by atoms with E-state index in [0.717, 1.165) is 23.3 Å². The molecule has 4 heteroatoms. The van der Waals surface area contributed by atoms with Crippen molar-refractivity contribution in [1.29, 1.82) is 0 Å². The molecule has 19 heavy (non-hydrogen) atoms. The van der Waals surface area contributed by atoms with Crippen molar-refractivity contribution < 1.29 is 0 Å². The van der Waals surface area contributed by atoms with Crippen LogP contribution >= 0.6 is 0 Å². The summed E-state index contributed by atoms with van der Waals surface area (Å²) in [5.41, 5.74) is 4.66. The molecule has 1 aliphatic rings. The molecule has 0 saturated heterocycles. The number of anilines is 1. The number of rotatable bonds is 1.